The molecule has 0 radical (unpaired) electrons. The number of hydrogen-bond acceptors (Lipinski definition) is 6. The SMILES string of the molecule is CC(C)C[C@H](NC(=O)[C@]1(C)NCCO1)C(=O)N[C@H](C#N)C[C@@H]1CCCNC1=O. The molecule has 2 aliphatic heterocycles. The van der Waals surface area contributed by atoms with Crippen LogP contribution in [0.2, 0.25) is 0 Å². The zero-order chi connectivity index (χ0) is 20.7. The molecule has 0 bridgehead atoms. The van der Waals surface area contributed by atoms with Gasteiger partial charge < -0.3 is 20.7 Å². The number of carbonyl (C=O) groups excluding carboxylic acids is 3. The van der Waals surface area contributed by atoms with E-state index >= 15 is 0 Å². The van der Waals surface area contributed by atoms with Crippen molar-refractivity contribution < 1.29 is 19.1 Å². The lowest BCUT2D eigenvalue weighted by atomic mass is 9.91. The average molecular weight is 393 g/mol. The van der Waals surface area contributed by atoms with Crippen LogP contribution in [0, 0.1) is 23.2 Å². The minimum atomic E-state index is -1.16. The summed E-state index contributed by atoms with van der Waals surface area (Å²) in [6, 6.07) is 0.490. The highest BCUT2D eigenvalue weighted by Crippen LogP contribution is 2.18. The topological polar surface area (TPSA) is 132 Å². The zero-order valence-corrected chi connectivity index (χ0v) is 16.8. The molecular formula is C19H31N5O4. The van der Waals surface area contributed by atoms with Crippen molar-refractivity contribution in [3.8, 4) is 6.07 Å². The van der Waals surface area contributed by atoms with Gasteiger partial charge in [0.25, 0.3) is 5.91 Å². The zero-order valence-electron chi connectivity index (χ0n) is 16.8. The fourth-order valence-corrected chi connectivity index (χ4v) is 3.50. The first kappa shape index (κ1) is 22.1. The first-order valence-corrected chi connectivity index (χ1v) is 9.93. The Morgan fingerprint density at radius 1 is 1.36 bits per heavy atom. The molecule has 2 aliphatic rings. The summed E-state index contributed by atoms with van der Waals surface area (Å²) in [5, 5.41) is 20.6. The van der Waals surface area contributed by atoms with E-state index < -0.39 is 29.6 Å². The molecule has 4 atom stereocenters. The number of amides is 3. The smallest absolute Gasteiger partial charge is 0.267 e. The second-order valence-corrected chi connectivity index (χ2v) is 8.02. The summed E-state index contributed by atoms with van der Waals surface area (Å²) in [6.45, 7) is 7.16. The number of carbonyl (C=O) groups is 3. The van der Waals surface area contributed by atoms with Crippen molar-refractivity contribution in [1.82, 2.24) is 21.3 Å². The van der Waals surface area contributed by atoms with Crippen LogP contribution in [0.5, 0.6) is 0 Å². The molecule has 3 amide bonds. The lowest BCUT2D eigenvalue weighted by Gasteiger charge is -2.28. The quantitative estimate of drug-likeness (QED) is 0.451. The summed E-state index contributed by atoms with van der Waals surface area (Å²) >= 11 is 0. The average Bonchev–Trinajstić information content (AvgIpc) is 3.09. The Bertz CT molecular complexity index is 624. The number of hydrogen-bond donors (Lipinski definition) is 4. The van der Waals surface area contributed by atoms with Gasteiger partial charge in [0.1, 0.15) is 12.1 Å². The van der Waals surface area contributed by atoms with Crippen molar-refractivity contribution in [2.24, 2.45) is 11.8 Å². The normalized spacial score (nSPS) is 26.8. The molecule has 0 unspecified atom stereocenters. The van der Waals surface area contributed by atoms with E-state index in [2.05, 4.69) is 27.3 Å². The highest BCUT2D eigenvalue weighted by Gasteiger charge is 2.39. The van der Waals surface area contributed by atoms with Gasteiger partial charge in [0.2, 0.25) is 11.8 Å². The summed E-state index contributed by atoms with van der Waals surface area (Å²) < 4.78 is 5.45. The molecule has 0 spiro atoms. The fraction of sp³-hybridized carbons (Fsp3) is 0.789. The van der Waals surface area contributed by atoms with Gasteiger partial charge in [0.05, 0.1) is 12.7 Å². The first-order chi connectivity index (χ1) is 13.2. The van der Waals surface area contributed by atoms with Crippen molar-refractivity contribution in [2.75, 3.05) is 19.7 Å². The molecule has 9 nitrogen and oxygen atoms in total. The summed E-state index contributed by atoms with van der Waals surface area (Å²) in [5.41, 5.74) is -1.16. The van der Waals surface area contributed by atoms with E-state index in [0.29, 0.717) is 32.5 Å². The molecule has 2 fully saturated rings. The van der Waals surface area contributed by atoms with Crippen LogP contribution in [0.25, 0.3) is 0 Å². The van der Waals surface area contributed by atoms with Gasteiger partial charge in [-0.2, -0.15) is 5.26 Å². The second-order valence-electron chi connectivity index (χ2n) is 8.02. The van der Waals surface area contributed by atoms with E-state index in [0.717, 1.165) is 6.42 Å². The standard InChI is InChI=1S/C19H31N5O4/c1-12(2)9-15(24-18(27)19(3)22-7-8-28-19)17(26)23-14(11-20)10-13-5-4-6-21-16(13)25/h12-15,22H,4-10H2,1-3H3,(H,21,25)(H,23,26)(H,24,27)/t13-,14-,15-,19+/m0/s1. The Labute approximate surface area is 165 Å². The summed E-state index contributed by atoms with van der Waals surface area (Å²) in [5.74, 6) is -1.04. The largest absolute Gasteiger partial charge is 0.356 e. The molecule has 156 valence electrons. The molecule has 0 aliphatic carbocycles. The highest BCUT2D eigenvalue weighted by atomic mass is 16.5. The Hall–Kier alpha value is -2.18. The minimum Gasteiger partial charge on any atom is -0.356 e. The number of piperidine rings is 1. The summed E-state index contributed by atoms with van der Waals surface area (Å²) in [4.78, 5) is 37.3. The van der Waals surface area contributed by atoms with Gasteiger partial charge in [0.15, 0.2) is 5.72 Å². The van der Waals surface area contributed by atoms with E-state index in [1.807, 2.05) is 13.8 Å². The molecule has 0 aromatic rings. The maximum absolute atomic E-state index is 12.8. The molecule has 2 saturated heterocycles. The Morgan fingerprint density at radius 2 is 2.11 bits per heavy atom. The van der Waals surface area contributed by atoms with Gasteiger partial charge in [-0.1, -0.05) is 13.8 Å². The maximum Gasteiger partial charge on any atom is 0.267 e. The van der Waals surface area contributed by atoms with Crippen molar-refractivity contribution >= 4 is 17.7 Å². The molecule has 0 aromatic heterocycles. The minimum absolute atomic E-state index is 0.0786. The molecule has 0 aromatic carbocycles. The van der Waals surface area contributed by atoms with Gasteiger partial charge in [-0.15, -0.1) is 0 Å². The van der Waals surface area contributed by atoms with Gasteiger partial charge in [-0.05, 0) is 38.5 Å². The number of nitrogens with one attached hydrogen (secondary N) is 4. The lowest BCUT2D eigenvalue weighted by molar-refractivity contribution is -0.144. The Morgan fingerprint density at radius 3 is 2.68 bits per heavy atom. The summed E-state index contributed by atoms with van der Waals surface area (Å²) in [6.07, 6.45) is 2.25. The molecule has 0 saturated carbocycles. The van der Waals surface area contributed by atoms with Crippen molar-refractivity contribution in [3.63, 3.8) is 0 Å². The van der Waals surface area contributed by atoms with Gasteiger partial charge >= 0.3 is 0 Å². The third-order valence-electron chi connectivity index (χ3n) is 5.11. The Balaban J connectivity index is 1.99. The van der Waals surface area contributed by atoms with Crippen molar-refractivity contribution in [2.45, 2.75) is 64.3 Å². The molecule has 2 rings (SSSR count). The van der Waals surface area contributed by atoms with Crippen LogP contribution in [0.3, 0.4) is 0 Å². The third kappa shape index (κ3) is 5.91. The van der Waals surface area contributed by atoms with Gasteiger partial charge in [-0.3, -0.25) is 19.7 Å². The number of ether oxygens (including phenoxy) is 1. The van der Waals surface area contributed by atoms with Gasteiger partial charge in [-0.25, -0.2) is 0 Å². The summed E-state index contributed by atoms with van der Waals surface area (Å²) in [7, 11) is 0. The highest BCUT2D eigenvalue weighted by molar-refractivity contribution is 5.91. The van der Waals surface area contributed by atoms with Crippen LogP contribution in [0.4, 0.5) is 0 Å². The second kappa shape index (κ2) is 9.85. The van der Waals surface area contributed by atoms with E-state index in [9.17, 15) is 19.6 Å². The Kier molecular flexibility index (Phi) is 7.78. The van der Waals surface area contributed by atoms with Gasteiger partial charge in [0, 0.05) is 19.0 Å². The molecule has 2 heterocycles. The molecule has 4 N–H and O–H groups in total. The predicted molar refractivity (Wildman–Crippen MR) is 102 cm³/mol. The van der Waals surface area contributed by atoms with Crippen LogP contribution in [0.15, 0.2) is 0 Å². The monoisotopic (exact) mass is 393 g/mol. The van der Waals surface area contributed by atoms with Crippen LogP contribution in [-0.4, -0.2) is 55.2 Å². The van der Waals surface area contributed by atoms with E-state index in [1.54, 1.807) is 6.92 Å². The van der Waals surface area contributed by atoms with Crippen LogP contribution in [0.1, 0.15) is 46.5 Å². The van der Waals surface area contributed by atoms with E-state index in [1.165, 1.54) is 0 Å². The van der Waals surface area contributed by atoms with Crippen molar-refractivity contribution in [1.29, 1.82) is 5.26 Å². The first-order valence-electron chi connectivity index (χ1n) is 9.93. The number of rotatable bonds is 8. The third-order valence-corrected chi connectivity index (χ3v) is 5.11. The lowest BCUT2D eigenvalue weighted by Crippen LogP contribution is -2.58. The molecule has 9 heteroatoms. The van der Waals surface area contributed by atoms with E-state index in [-0.39, 0.29) is 24.2 Å². The fourth-order valence-electron chi connectivity index (χ4n) is 3.50. The molecular weight excluding hydrogens is 362 g/mol. The maximum atomic E-state index is 12.8. The van der Waals surface area contributed by atoms with Crippen LogP contribution in [-0.2, 0) is 19.1 Å². The van der Waals surface area contributed by atoms with Crippen LogP contribution >= 0.6 is 0 Å². The van der Waals surface area contributed by atoms with Crippen molar-refractivity contribution in [3.05, 3.63) is 0 Å². The van der Waals surface area contributed by atoms with Crippen LogP contribution < -0.4 is 21.3 Å². The predicted octanol–water partition coefficient (Wildman–Crippen LogP) is -0.222. The number of nitriles is 1. The molecule has 28 heavy (non-hydrogen) atoms. The number of nitrogens with zero attached hydrogens (tertiary/aromatic N) is 1. The van der Waals surface area contributed by atoms with E-state index in [4.69, 9.17) is 4.74 Å².